The first kappa shape index (κ1) is 15.5. The van der Waals surface area contributed by atoms with E-state index in [1.807, 2.05) is 6.07 Å². The second-order valence-electron chi connectivity index (χ2n) is 4.61. The molecule has 0 fully saturated rings. The van der Waals surface area contributed by atoms with Crippen molar-refractivity contribution in [2.45, 2.75) is 19.6 Å². The Hall–Kier alpha value is -1.90. The minimum Gasteiger partial charge on any atom is -0.489 e. The first-order valence-corrected chi connectivity index (χ1v) is 7.09. The number of hydrogen-bond acceptors (Lipinski definition) is 3. The van der Waals surface area contributed by atoms with Crippen LogP contribution in [0.15, 0.2) is 40.9 Å². The minimum absolute atomic E-state index is 0.119. The number of benzene rings is 2. The van der Waals surface area contributed by atoms with E-state index in [4.69, 9.17) is 10.00 Å². The predicted octanol–water partition coefficient (Wildman–Crippen LogP) is 4.09. The molecule has 0 spiro atoms. The van der Waals surface area contributed by atoms with E-state index < -0.39 is 11.9 Å². The van der Waals surface area contributed by atoms with Crippen molar-refractivity contribution in [2.75, 3.05) is 0 Å². The van der Waals surface area contributed by atoms with Gasteiger partial charge in [0.05, 0.1) is 17.7 Å². The van der Waals surface area contributed by atoms with Crippen LogP contribution in [0.3, 0.4) is 0 Å². The standard InChI is InChI=1S/C16H13BrFNO2/c1-10(20)15-7-13(17)2-3-16(15)21-9-12-4-11(8-19)5-14(18)6-12/h2-7,10,20H,9H2,1H3/t10-/m0/s1. The van der Waals surface area contributed by atoms with Gasteiger partial charge < -0.3 is 9.84 Å². The molecule has 21 heavy (non-hydrogen) atoms. The third-order valence-corrected chi connectivity index (χ3v) is 3.40. The van der Waals surface area contributed by atoms with Crippen LogP contribution in [0, 0.1) is 17.1 Å². The van der Waals surface area contributed by atoms with Crippen LogP contribution >= 0.6 is 15.9 Å². The molecule has 2 aromatic rings. The van der Waals surface area contributed by atoms with Crippen molar-refractivity contribution >= 4 is 15.9 Å². The van der Waals surface area contributed by atoms with Gasteiger partial charge in [0.15, 0.2) is 0 Å². The summed E-state index contributed by atoms with van der Waals surface area (Å²) in [5, 5.41) is 18.6. The Bertz CT molecular complexity index is 695. The van der Waals surface area contributed by atoms with Gasteiger partial charge in [-0.1, -0.05) is 15.9 Å². The SMILES string of the molecule is C[C@H](O)c1cc(Br)ccc1OCc1cc(F)cc(C#N)c1. The lowest BCUT2D eigenvalue weighted by Crippen LogP contribution is -2.02. The number of ether oxygens (including phenoxy) is 1. The molecule has 0 bridgehead atoms. The summed E-state index contributed by atoms with van der Waals surface area (Å²) in [5.74, 6) is 0.0511. The number of nitrogens with zero attached hydrogens (tertiary/aromatic N) is 1. The molecule has 0 amide bonds. The van der Waals surface area contributed by atoms with E-state index in [1.54, 1.807) is 31.2 Å². The highest BCUT2D eigenvalue weighted by molar-refractivity contribution is 9.10. The Morgan fingerprint density at radius 1 is 1.33 bits per heavy atom. The van der Waals surface area contributed by atoms with Crippen LogP contribution in [0.4, 0.5) is 4.39 Å². The quantitative estimate of drug-likeness (QED) is 0.904. The molecule has 0 saturated carbocycles. The first-order chi connectivity index (χ1) is 9.99. The van der Waals surface area contributed by atoms with Crippen LogP contribution in [0.2, 0.25) is 0 Å². The van der Waals surface area contributed by atoms with E-state index >= 15 is 0 Å². The van der Waals surface area contributed by atoms with Crippen molar-refractivity contribution in [3.63, 3.8) is 0 Å². The Morgan fingerprint density at radius 3 is 2.76 bits per heavy atom. The summed E-state index contributed by atoms with van der Waals surface area (Å²) in [6.45, 7) is 1.76. The highest BCUT2D eigenvalue weighted by Crippen LogP contribution is 2.29. The Kier molecular flexibility index (Phi) is 4.94. The lowest BCUT2D eigenvalue weighted by atomic mass is 10.1. The van der Waals surface area contributed by atoms with Gasteiger partial charge in [0.25, 0.3) is 0 Å². The number of aliphatic hydroxyl groups excluding tert-OH is 1. The van der Waals surface area contributed by atoms with E-state index in [0.717, 1.165) is 4.47 Å². The second-order valence-corrected chi connectivity index (χ2v) is 5.52. The van der Waals surface area contributed by atoms with Crippen LogP contribution < -0.4 is 4.74 Å². The fraction of sp³-hybridized carbons (Fsp3) is 0.188. The maximum Gasteiger partial charge on any atom is 0.125 e. The van der Waals surface area contributed by atoms with Crippen LogP contribution in [-0.4, -0.2) is 5.11 Å². The molecule has 0 aliphatic heterocycles. The van der Waals surface area contributed by atoms with Crippen LogP contribution in [0.1, 0.15) is 29.7 Å². The zero-order chi connectivity index (χ0) is 15.4. The van der Waals surface area contributed by atoms with Crippen LogP contribution in [0.25, 0.3) is 0 Å². The van der Waals surface area contributed by atoms with Gasteiger partial charge in [-0.05, 0) is 48.9 Å². The van der Waals surface area contributed by atoms with Crippen molar-refractivity contribution in [2.24, 2.45) is 0 Å². The van der Waals surface area contributed by atoms with Crippen LogP contribution in [-0.2, 0) is 6.61 Å². The molecule has 2 rings (SSSR count). The molecule has 0 heterocycles. The predicted molar refractivity (Wildman–Crippen MR) is 80.2 cm³/mol. The second kappa shape index (κ2) is 6.70. The average molecular weight is 350 g/mol. The Balaban J connectivity index is 2.21. The van der Waals surface area contributed by atoms with E-state index in [1.165, 1.54) is 12.1 Å². The normalized spacial score (nSPS) is 11.8. The van der Waals surface area contributed by atoms with Gasteiger partial charge in [-0.15, -0.1) is 0 Å². The van der Waals surface area contributed by atoms with Crippen molar-refractivity contribution in [1.29, 1.82) is 5.26 Å². The molecule has 0 aliphatic carbocycles. The zero-order valence-electron chi connectivity index (χ0n) is 11.3. The molecule has 0 saturated heterocycles. The summed E-state index contributed by atoms with van der Waals surface area (Å²) < 4.78 is 19.8. The van der Waals surface area contributed by atoms with Gasteiger partial charge in [-0.2, -0.15) is 5.26 Å². The number of aliphatic hydroxyl groups is 1. The summed E-state index contributed by atoms with van der Waals surface area (Å²) in [6, 6.07) is 11.3. The molecule has 0 radical (unpaired) electrons. The summed E-state index contributed by atoms with van der Waals surface area (Å²) >= 11 is 3.34. The molecular formula is C16H13BrFNO2. The summed E-state index contributed by atoms with van der Waals surface area (Å²) in [4.78, 5) is 0. The Morgan fingerprint density at radius 2 is 2.10 bits per heavy atom. The van der Waals surface area contributed by atoms with Gasteiger partial charge in [-0.3, -0.25) is 0 Å². The minimum atomic E-state index is -0.681. The average Bonchev–Trinajstić information content (AvgIpc) is 2.45. The summed E-state index contributed by atoms with van der Waals surface area (Å²) in [6.07, 6.45) is -0.681. The molecule has 1 N–H and O–H groups in total. The number of halogens is 2. The fourth-order valence-electron chi connectivity index (χ4n) is 1.94. The first-order valence-electron chi connectivity index (χ1n) is 6.29. The number of hydrogen-bond donors (Lipinski definition) is 1. The van der Waals surface area contributed by atoms with Crippen molar-refractivity contribution in [1.82, 2.24) is 0 Å². The van der Waals surface area contributed by atoms with Gasteiger partial charge in [0.2, 0.25) is 0 Å². The van der Waals surface area contributed by atoms with Crippen molar-refractivity contribution < 1.29 is 14.2 Å². The lowest BCUT2D eigenvalue weighted by molar-refractivity contribution is 0.190. The van der Waals surface area contributed by atoms with Gasteiger partial charge in [0.1, 0.15) is 18.2 Å². The van der Waals surface area contributed by atoms with Crippen LogP contribution in [0.5, 0.6) is 5.75 Å². The van der Waals surface area contributed by atoms with Gasteiger partial charge in [0, 0.05) is 10.0 Å². The number of nitriles is 1. The summed E-state index contributed by atoms with van der Waals surface area (Å²) in [5.41, 5.74) is 1.45. The highest BCUT2D eigenvalue weighted by Gasteiger charge is 2.10. The zero-order valence-corrected chi connectivity index (χ0v) is 12.9. The fourth-order valence-corrected chi connectivity index (χ4v) is 2.32. The molecule has 0 aromatic heterocycles. The summed E-state index contributed by atoms with van der Waals surface area (Å²) in [7, 11) is 0. The van der Waals surface area contributed by atoms with E-state index in [-0.39, 0.29) is 12.2 Å². The topological polar surface area (TPSA) is 53.2 Å². The monoisotopic (exact) mass is 349 g/mol. The lowest BCUT2D eigenvalue weighted by Gasteiger charge is -2.14. The molecule has 5 heteroatoms. The molecular weight excluding hydrogens is 337 g/mol. The molecule has 1 atom stereocenters. The molecule has 0 aliphatic rings. The maximum atomic E-state index is 13.3. The van der Waals surface area contributed by atoms with Gasteiger partial charge in [-0.25, -0.2) is 4.39 Å². The van der Waals surface area contributed by atoms with Gasteiger partial charge >= 0.3 is 0 Å². The molecule has 3 nitrogen and oxygen atoms in total. The molecule has 2 aromatic carbocycles. The molecule has 108 valence electrons. The smallest absolute Gasteiger partial charge is 0.125 e. The van der Waals surface area contributed by atoms with E-state index in [0.29, 0.717) is 16.9 Å². The van der Waals surface area contributed by atoms with E-state index in [9.17, 15) is 9.50 Å². The largest absolute Gasteiger partial charge is 0.489 e. The third kappa shape index (κ3) is 4.03. The maximum absolute atomic E-state index is 13.3. The van der Waals surface area contributed by atoms with Crippen molar-refractivity contribution in [3.8, 4) is 11.8 Å². The number of rotatable bonds is 4. The van der Waals surface area contributed by atoms with E-state index in [2.05, 4.69) is 15.9 Å². The van der Waals surface area contributed by atoms with Crippen molar-refractivity contribution in [3.05, 3.63) is 63.4 Å². The Labute approximate surface area is 130 Å². The highest BCUT2D eigenvalue weighted by atomic mass is 79.9. The third-order valence-electron chi connectivity index (χ3n) is 2.90. The molecule has 0 unspecified atom stereocenters.